The van der Waals surface area contributed by atoms with E-state index in [4.69, 9.17) is 10.4 Å². The van der Waals surface area contributed by atoms with Gasteiger partial charge in [-0.25, -0.2) is 5.26 Å². The summed E-state index contributed by atoms with van der Waals surface area (Å²) in [6.45, 7) is 0. The van der Waals surface area contributed by atoms with Gasteiger partial charge < -0.3 is 5.11 Å². The molecule has 0 atom stereocenters. The minimum Gasteiger partial charge on any atom is -0.812 e. The monoisotopic (exact) mass is 139 g/mol. The van der Waals surface area contributed by atoms with Crippen molar-refractivity contribution in [1.29, 1.82) is 5.26 Å². The molecule has 0 fully saturated rings. The number of nitriles is 1. The predicted octanol–water partition coefficient (Wildman–Crippen LogP) is -4.17. The molecule has 0 aromatic carbocycles. The molecule has 0 spiro atoms. The number of hydrogen-bond acceptors (Lipinski definition) is 2. The molecule has 0 aromatic rings. The Balaban J connectivity index is -0.0000000200. The number of hydrogen-bond donors (Lipinski definition) is 0. The third kappa shape index (κ3) is 31.4. The van der Waals surface area contributed by atoms with E-state index in [-0.39, 0.29) is 67.9 Å². The normalized spacial score (nSPS) is 1.40. The van der Waals surface area contributed by atoms with Crippen LogP contribution in [0.5, 0.6) is 0 Å². The summed E-state index contributed by atoms with van der Waals surface area (Å²) in [4.78, 5) is 0. The molecule has 0 saturated heterocycles. The molecule has 0 heterocycles. The SMILES string of the molecule is N#C[O-].[K+].[Ni]. The van der Waals surface area contributed by atoms with Gasteiger partial charge in [0, 0.05) is 22.7 Å². The fourth-order valence-corrected chi connectivity index (χ4v) is 0. The van der Waals surface area contributed by atoms with E-state index in [1.165, 1.54) is 0 Å². The molecular formula is CKNNiO. The summed E-state index contributed by atoms with van der Waals surface area (Å²) >= 11 is 0. The van der Waals surface area contributed by atoms with Gasteiger partial charge in [-0.05, 0) is 0 Å². The van der Waals surface area contributed by atoms with Gasteiger partial charge in [0.15, 0.2) is 0 Å². The summed E-state index contributed by atoms with van der Waals surface area (Å²) in [5.74, 6) is 0. The Labute approximate surface area is 82.9 Å². The average Bonchev–Trinajstić information content (AvgIpc) is 0.918. The molecule has 0 rings (SSSR count). The first-order chi connectivity index (χ1) is 1.41. The van der Waals surface area contributed by atoms with E-state index in [2.05, 4.69) is 0 Å². The molecule has 0 amide bonds. The zero-order chi connectivity index (χ0) is 2.71. The van der Waals surface area contributed by atoms with E-state index in [1.54, 1.807) is 0 Å². The molecular weight excluding hydrogens is 140 g/mol. The van der Waals surface area contributed by atoms with Gasteiger partial charge in [0.2, 0.25) is 0 Å². The Hall–Kier alpha value is 1.42. The number of nitrogens with zero attached hydrogens (tertiary/aromatic N) is 1. The molecule has 26 valence electrons. The topological polar surface area (TPSA) is 46.8 Å². The summed E-state index contributed by atoms with van der Waals surface area (Å²) in [6.07, 6.45) is 0.500. The van der Waals surface area contributed by atoms with Crippen molar-refractivity contribution < 1.29 is 73.0 Å². The summed E-state index contributed by atoms with van der Waals surface area (Å²) in [6, 6.07) is 0. The maximum Gasteiger partial charge on any atom is 1.00 e. The van der Waals surface area contributed by atoms with Crippen molar-refractivity contribution in [2.45, 2.75) is 0 Å². The van der Waals surface area contributed by atoms with Crippen molar-refractivity contribution in [2.75, 3.05) is 0 Å². The van der Waals surface area contributed by atoms with Gasteiger partial charge in [-0.3, -0.25) is 0 Å². The van der Waals surface area contributed by atoms with Gasteiger partial charge in [0.1, 0.15) is 0 Å². The zero-order valence-corrected chi connectivity index (χ0v) is 6.78. The van der Waals surface area contributed by atoms with E-state index in [9.17, 15) is 0 Å². The first kappa shape index (κ1) is 16.1. The van der Waals surface area contributed by atoms with Crippen LogP contribution in [0.3, 0.4) is 0 Å². The van der Waals surface area contributed by atoms with E-state index >= 15 is 0 Å². The molecule has 0 unspecified atom stereocenters. The minimum atomic E-state index is 0. The summed E-state index contributed by atoms with van der Waals surface area (Å²) in [7, 11) is 0. The molecule has 0 radical (unpaired) electrons. The molecule has 4 heteroatoms. The third-order valence-electron chi connectivity index (χ3n) is 0. The van der Waals surface area contributed by atoms with Crippen LogP contribution >= 0.6 is 0 Å². The summed E-state index contributed by atoms with van der Waals surface area (Å²) in [5.41, 5.74) is 0. The zero-order valence-electron chi connectivity index (χ0n) is 2.67. The van der Waals surface area contributed by atoms with Crippen LogP contribution < -0.4 is 56.5 Å². The standard InChI is InChI=1S/CHNO.K.Ni/c2-1-3;;/h3H;;/q;+1;/p-1. The summed E-state index contributed by atoms with van der Waals surface area (Å²) < 4.78 is 0. The molecule has 0 saturated carbocycles. The largest absolute Gasteiger partial charge is 1.00 e. The maximum atomic E-state index is 8.24. The predicted molar refractivity (Wildman–Crippen MR) is 5.61 cm³/mol. The van der Waals surface area contributed by atoms with Gasteiger partial charge in [0.25, 0.3) is 0 Å². The van der Waals surface area contributed by atoms with Crippen LogP contribution in [0.1, 0.15) is 0 Å². The Morgan fingerprint density at radius 1 is 1.60 bits per heavy atom. The first-order valence-electron chi connectivity index (χ1n) is 0.428. The Morgan fingerprint density at radius 3 is 1.60 bits per heavy atom. The van der Waals surface area contributed by atoms with Crippen molar-refractivity contribution in [1.82, 2.24) is 0 Å². The van der Waals surface area contributed by atoms with E-state index < -0.39 is 0 Å². The van der Waals surface area contributed by atoms with Crippen LogP contribution in [0.25, 0.3) is 0 Å². The second-order valence-corrected chi connectivity index (χ2v) is 0.0913. The van der Waals surface area contributed by atoms with Gasteiger partial charge in [-0.2, -0.15) is 0 Å². The molecule has 2 nitrogen and oxygen atoms in total. The molecule has 0 N–H and O–H groups in total. The fraction of sp³-hybridized carbons (Fsp3) is 0. The van der Waals surface area contributed by atoms with Crippen LogP contribution in [0, 0.1) is 11.5 Å². The molecule has 0 aliphatic rings. The van der Waals surface area contributed by atoms with Crippen LogP contribution in [0.4, 0.5) is 0 Å². The van der Waals surface area contributed by atoms with E-state index in [0.29, 0.717) is 6.26 Å². The quantitative estimate of drug-likeness (QED) is 0.253. The Morgan fingerprint density at radius 2 is 1.60 bits per heavy atom. The Kier molecular flexibility index (Phi) is 58.3. The third-order valence-corrected chi connectivity index (χ3v) is 0. The van der Waals surface area contributed by atoms with Crippen LogP contribution in [-0.4, -0.2) is 0 Å². The molecule has 5 heavy (non-hydrogen) atoms. The van der Waals surface area contributed by atoms with Crippen molar-refractivity contribution in [3.8, 4) is 6.26 Å². The second kappa shape index (κ2) is 18.1. The maximum absolute atomic E-state index is 8.24. The van der Waals surface area contributed by atoms with Crippen LogP contribution in [0.2, 0.25) is 0 Å². The first-order valence-corrected chi connectivity index (χ1v) is 0.428. The molecule has 0 bridgehead atoms. The summed E-state index contributed by atoms with van der Waals surface area (Å²) in [5, 5.41) is 15.0. The van der Waals surface area contributed by atoms with Crippen molar-refractivity contribution in [3.05, 3.63) is 0 Å². The fourth-order valence-electron chi connectivity index (χ4n) is 0. The van der Waals surface area contributed by atoms with Crippen LogP contribution in [-0.2, 0) is 16.5 Å². The van der Waals surface area contributed by atoms with Crippen LogP contribution in [0.15, 0.2) is 0 Å². The Bertz CT molecular complexity index is 33.1. The molecule has 0 aliphatic carbocycles. The average molecular weight is 140 g/mol. The van der Waals surface area contributed by atoms with Gasteiger partial charge in [-0.15, -0.1) is 0 Å². The van der Waals surface area contributed by atoms with Crippen molar-refractivity contribution in [3.63, 3.8) is 0 Å². The smallest absolute Gasteiger partial charge is 0.812 e. The van der Waals surface area contributed by atoms with Crippen molar-refractivity contribution in [2.24, 2.45) is 0 Å². The van der Waals surface area contributed by atoms with Crippen molar-refractivity contribution >= 4 is 0 Å². The van der Waals surface area contributed by atoms with Gasteiger partial charge in [0.05, 0.1) is 0 Å². The molecule has 0 aliphatic heterocycles. The van der Waals surface area contributed by atoms with Gasteiger partial charge >= 0.3 is 51.4 Å². The second-order valence-electron chi connectivity index (χ2n) is 0.0913. The minimum absolute atomic E-state index is 0. The van der Waals surface area contributed by atoms with E-state index in [0.717, 1.165) is 0 Å². The van der Waals surface area contributed by atoms with Gasteiger partial charge in [-0.1, -0.05) is 0 Å². The number of rotatable bonds is 0. The molecule has 0 aromatic heterocycles. The van der Waals surface area contributed by atoms with E-state index in [1.807, 2.05) is 0 Å².